The maximum atomic E-state index is 12.6. The van der Waals surface area contributed by atoms with E-state index in [2.05, 4.69) is 30.7 Å². The molecule has 2 saturated heterocycles. The minimum Gasteiger partial charge on any atom is -0.376 e. The summed E-state index contributed by atoms with van der Waals surface area (Å²) < 4.78 is 6.08. The Morgan fingerprint density at radius 1 is 1.52 bits per heavy atom. The van der Waals surface area contributed by atoms with Crippen LogP contribution in [0.4, 0.5) is 0 Å². The number of ether oxygens (including phenoxy) is 1. The summed E-state index contributed by atoms with van der Waals surface area (Å²) in [6.45, 7) is 8.02. The van der Waals surface area contributed by atoms with Crippen molar-refractivity contribution in [2.24, 2.45) is 11.8 Å². The number of hydrogen-bond acceptors (Lipinski definition) is 4. The van der Waals surface area contributed by atoms with Crippen molar-refractivity contribution in [2.75, 3.05) is 33.3 Å². The van der Waals surface area contributed by atoms with E-state index >= 15 is 0 Å². The Kier molecular flexibility index (Phi) is 5.39. The number of piperidine rings is 1. The SMILES string of the molecule is CC(C)N(C)C[C@@H]1OC[C@H]2CCN(C(=O)Cc3cccs3)C[C@H]21. The van der Waals surface area contributed by atoms with Crippen molar-refractivity contribution in [3.8, 4) is 0 Å². The molecule has 128 valence electrons. The zero-order valence-electron chi connectivity index (χ0n) is 14.4. The van der Waals surface area contributed by atoms with Crippen molar-refractivity contribution in [3.63, 3.8) is 0 Å². The van der Waals surface area contributed by atoms with Crippen molar-refractivity contribution in [1.29, 1.82) is 0 Å². The first kappa shape index (κ1) is 16.9. The van der Waals surface area contributed by atoms with Crippen LogP contribution in [0.25, 0.3) is 0 Å². The van der Waals surface area contributed by atoms with Crippen molar-refractivity contribution in [3.05, 3.63) is 22.4 Å². The highest BCUT2D eigenvalue weighted by Gasteiger charge is 2.42. The summed E-state index contributed by atoms with van der Waals surface area (Å²) in [6, 6.07) is 4.59. The largest absolute Gasteiger partial charge is 0.376 e. The molecule has 23 heavy (non-hydrogen) atoms. The number of carbonyl (C=O) groups is 1. The van der Waals surface area contributed by atoms with Gasteiger partial charge in [0.1, 0.15) is 0 Å². The molecule has 0 aliphatic carbocycles. The molecule has 1 aromatic rings. The van der Waals surface area contributed by atoms with E-state index < -0.39 is 0 Å². The van der Waals surface area contributed by atoms with Crippen molar-refractivity contribution >= 4 is 17.2 Å². The molecule has 0 N–H and O–H groups in total. The second-order valence-corrected chi connectivity index (χ2v) is 8.25. The Balaban J connectivity index is 1.59. The van der Waals surface area contributed by atoms with Crippen LogP contribution in [0.1, 0.15) is 25.1 Å². The van der Waals surface area contributed by atoms with E-state index in [0.29, 0.717) is 24.3 Å². The Bertz CT molecular complexity index is 517. The van der Waals surface area contributed by atoms with E-state index in [9.17, 15) is 4.79 Å². The van der Waals surface area contributed by atoms with Crippen molar-refractivity contribution < 1.29 is 9.53 Å². The predicted molar refractivity (Wildman–Crippen MR) is 93.7 cm³/mol. The first-order chi connectivity index (χ1) is 11.0. The number of likely N-dealkylation sites (tertiary alicyclic amines) is 1. The summed E-state index contributed by atoms with van der Waals surface area (Å²) in [7, 11) is 2.16. The average molecular weight is 337 g/mol. The third-order valence-electron chi connectivity index (χ3n) is 5.42. The van der Waals surface area contributed by atoms with Gasteiger partial charge in [0.05, 0.1) is 19.1 Å². The molecular weight excluding hydrogens is 308 g/mol. The molecule has 2 aliphatic heterocycles. The third kappa shape index (κ3) is 3.95. The zero-order valence-corrected chi connectivity index (χ0v) is 15.2. The molecule has 0 saturated carbocycles. The summed E-state index contributed by atoms with van der Waals surface area (Å²) in [5.74, 6) is 1.40. The number of fused-ring (bicyclic) bond motifs is 1. The Hall–Kier alpha value is -0.910. The molecule has 3 atom stereocenters. The monoisotopic (exact) mass is 336 g/mol. The second kappa shape index (κ2) is 7.32. The number of likely N-dealkylation sites (N-methyl/N-ethyl adjacent to an activating group) is 1. The van der Waals surface area contributed by atoms with Crippen LogP contribution in [-0.4, -0.2) is 61.1 Å². The zero-order chi connectivity index (χ0) is 16.4. The molecule has 2 fully saturated rings. The van der Waals surface area contributed by atoms with Gasteiger partial charge in [-0.1, -0.05) is 6.07 Å². The molecular formula is C18H28N2O2S. The van der Waals surface area contributed by atoms with E-state index in [1.165, 1.54) is 0 Å². The summed E-state index contributed by atoms with van der Waals surface area (Å²) in [5.41, 5.74) is 0. The standard InChI is InChI=1S/C18H28N2O2S/c1-13(2)19(3)11-17-16-10-20(7-6-14(16)12-22-17)18(21)9-15-5-4-8-23-15/h4-5,8,13-14,16-17H,6-7,9-12H2,1-3H3/t14-,16-,17+/m1/s1. The van der Waals surface area contributed by atoms with Crippen LogP contribution < -0.4 is 0 Å². The number of carbonyl (C=O) groups excluding carboxylic acids is 1. The highest BCUT2D eigenvalue weighted by Crippen LogP contribution is 2.35. The molecule has 1 aromatic heterocycles. The lowest BCUT2D eigenvalue weighted by molar-refractivity contribution is -0.133. The fourth-order valence-corrected chi connectivity index (χ4v) is 4.31. The highest BCUT2D eigenvalue weighted by molar-refractivity contribution is 7.10. The number of hydrogen-bond donors (Lipinski definition) is 0. The van der Waals surface area contributed by atoms with Gasteiger partial charge in [0.2, 0.25) is 5.91 Å². The first-order valence-corrected chi connectivity index (χ1v) is 9.54. The minimum absolute atomic E-state index is 0.268. The maximum absolute atomic E-state index is 12.6. The molecule has 1 amide bonds. The van der Waals surface area contributed by atoms with Crippen LogP contribution in [0.3, 0.4) is 0 Å². The second-order valence-electron chi connectivity index (χ2n) is 7.21. The Labute approximate surface area is 143 Å². The molecule has 4 nitrogen and oxygen atoms in total. The van der Waals surface area contributed by atoms with E-state index in [4.69, 9.17) is 4.74 Å². The van der Waals surface area contributed by atoms with Gasteiger partial charge in [-0.25, -0.2) is 0 Å². The summed E-state index contributed by atoms with van der Waals surface area (Å²) in [5, 5.41) is 2.04. The lowest BCUT2D eigenvalue weighted by atomic mass is 9.84. The van der Waals surface area contributed by atoms with Gasteiger partial charge in [-0.2, -0.15) is 0 Å². The normalized spacial score (nSPS) is 27.7. The quantitative estimate of drug-likeness (QED) is 0.828. The summed E-state index contributed by atoms with van der Waals surface area (Å²) in [4.78, 5) is 18.1. The molecule has 0 radical (unpaired) electrons. The summed E-state index contributed by atoms with van der Waals surface area (Å²) in [6.07, 6.45) is 1.90. The number of nitrogens with zero attached hydrogens (tertiary/aromatic N) is 2. The summed E-state index contributed by atoms with van der Waals surface area (Å²) >= 11 is 1.67. The van der Waals surface area contributed by atoms with E-state index in [-0.39, 0.29) is 12.0 Å². The van der Waals surface area contributed by atoms with Crippen LogP contribution in [0.5, 0.6) is 0 Å². The van der Waals surface area contributed by atoms with Gasteiger partial charge in [-0.05, 0) is 44.7 Å². The molecule has 0 spiro atoms. The molecule has 0 aromatic carbocycles. The molecule has 3 rings (SSSR count). The average Bonchev–Trinajstić information content (AvgIpc) is 3.17. The fraction of sp³-hybridized carbons (Fsp3) is 0.722. The van der Waals surface area contributed by atoms with Crippen LogP contribution >= 0.6 is 11.3 Å². The Morgan fingerprint density at radius 3 is 3.04 bits per heavy atom. The van der Waals surface area contributed by atoms with Crippen molar-refractivity contribution in [2.45, 2.75) is 38.8 Å². The number of rotatable bonds is 5. The fourth-order valence-electron chi connectivity index (χ4n) is 3.61. The highest BCUT2D eigenvalue weighted by atomic mass is 32.1. The van der Waals surface area contributed by atoms with Crippen LogP contribution in [0.15, 0.2) is 17.5 Å². The van der Waals surface area contributed by atoms with Gasteiger partial charge in [0, 0.05) is 36.5 Å². The van der Waals surface area contributed by atoms with Crippen molar-refractivity contribution in [1.82, 2.24) is 9.80 Å². The first-order valence-electron chi connectivity index (χ1n) is 8.66. The van der Waals surface area contributed by atoms with Gasteiger partial charge >= 0.3 is 0 Å². The lowest BCUT2D eigenvalue weighted by Crippen LogP contribution is -2.48. The smallest absolute Gasteiger partial charge is 0.227 e. The lowest BCUT2D eigenvalue weighted by Gasteiger charge is -2.37. The van der Waals surface area contributed by atoms with Crippen LogP contribution in [0.2, 0.25) is 0 Å². The predicted octanol–water partition coefficient (Wildman–Crippen LogP) is 2.49. The Morgan fingerprint density at radius 2 is 2.35 bits per heavy atom. The van der Waals surface area contributed by atoms with Gasteiger partial charge in [0.25, 0.3) is 0 Å². The van der Waals surface area contributed by atoms with E-state index in [1.54, 1.807) is 11.3 Å². The van der Waals surface area contributed by atoms with Gasteiger partial charge in [0.15, 0.2) is 0 Å². The van der Waals surface area contributed by atoms with E-state index in [1.807, 2.05) is 17.5 Å². The molecule has 2 aliphatic rings. The van der Waals surface area contributed by atoms with Crippen LogP contribution in [-0.2, 0) is 16.0 Å². The molecule has 0 bridgehead atoms. The topological polar surface area (TPSA) is 32.8 Å². The third-order valence-corrected chi connectivity index (χ3v) is 6.29. The van der Waals surface area contributed by atoms with Gasteiger partial charge in [-0.15, -0.1) is 11.3 Å². The maximum Gasteiger partial charge on any atom is 0.227 e. The van der Waals surface area contributed by atoms with Crippen LogP contribution in [0, 0.1) is 11.8 Å². The van der Waals surface area contributed by atoms with Gasteiger partial charge < -0.3 is 14.5 Å². The molecule has 0 unspecified atom stereocenters. The minimum atomic E-state index is 0.268. The number of amides is 1. The molecule has 3 heterocycles. The van der Waals surface area contributed by atoms with E-state index in [0.717, 1.165) is 37.5 Å². The van der Waals surface area contributed by atoms with Gasteiger partial charge in [-0.3, -0.25) is 4.79 Å². The molecule has 5 heteroatoms. The number of thiophene rings is 1.